The third-order valence-electron chi connectivity index (χ3n) is 1.98. The van der Waals surface area contributed by atoms with Gasteiger partial charge in [-0.25, -0.2) is 23.1 Å². The van der Waals surface area contributed by atoms with Crippen LogP contribution in [0.25, 0.3) is 11.0 Å². The Kier molecular flexibility index (Phi) is 3.08. The second-order valence-corrected chi connectivity index (χ2v) is 5.19. The summed E-state index contributed by atoms with van der Waals surface area (Å²) in [5, 5.41) is 0.819. The highest BCUT2D eigenvalue weighted by Gasteiger charge is 2.00. The second-order valence-electron chi connectivity index (χ2n) is 3.36. The summed E-state index contributed by atoms with van der Waals surface area (Å²) in [6.45, 7) is 0.0642. The van der Waals surface area contributed by atoms with Gasteiger partial charge in [0.25, 0.3) is 0 Å². The second kappa shape index (κ2) is 4.53. The Morgan fingerprint density at radius 2 is 2.29 bits per heavy atom. The Morgan fingerprint density at radius 1 is 1.47 bits per heavy atom. The molecule has 0 aliphatic carbocycles. The average molecular weight is 250 g/mol. The Morgan fingerprint density at radius 3 is 3.06 bits per heavy atom. The minimum atomic E-state index is -3.20. The van der Waals surface area contributed by atoms with Gasteiger partial charge >= 0.3 is 0 Å². The summed E-state index contributed by atoms with van der Waals surface area (Å²) in [7, 11) is -3.20. The largest absolute Gasteiger partial charge is 0.346 e. The summed E-state index contributed by atoms with van der Waals surface area (Å²) in [6, 6.07) is 1.82. The van der Waals surface area contributed by atoms with Crippen LogP contribution in [0.5, 0.6) is 0 Å². The molecule has 0 aromatic carbocycles. The zero-order chi connectivity index (χ0) is 12.3. The van der Waals surface area contributed by atoms with Crippen molar-refractivity contribution in [2.24, 2.45) is 0 Å². The first-order chi connectivity index (χ1) is 8.06. The van der Waals surface area contributed by atoms with Crippen LogP contribution in [0.15, 0.2) is 18.6 Å². The van der Waals surface area contributed by atoms with E-state index < -0.39 is 10.0 Å². The van der Waals surface area contributed by atoms with Gasteiger partial charge in [-0.15, -0.1) is 0 Å². The predicted molar refractivity (Wildman–Crippen MR) is 63.6 cm³/mol. The van der Waals surface area contributed by atoms with Crippen molar-refractivity contribution in [3.05, 3.63) is 24.3 Å². The Hall–Kier alpha value is -1.91. The third-order valence-corrected chi connectivity index (χ3v) is 2.65. The van der Waals surface area contributed by atoms with E-state index in [0.29, 0.717) is 11.3 Å². The molecule has 0 saturated carbocycles. The summed E-state index contributed by atoms with van der Waals surface area (Å²) in [5.74, 6) is 5.49. The van der Waals surface area contributed by atoms with E-state index in [1.807, 2.05) is 6.07 Å². The fourth-order valence-electron chi connectivity index (χ4n) is 1.27. The van der Waals surface area contributed by atoms with Crippen LogP contribution in [0.2, 0.25) is 0 Å². The van der Waals surface area contributed by atoms with Gasteiger partial charge in [0.1, 0.15) is 17.7 Å². The third kappa shape index (κ3) is 3.03. The topological polar surface area (TPSA) is 87.7 Å². The van der Waals surface area contributed by atoms with E-state index in [1.54, 1.807) is 6.20 Å². The minimum absolute atomic E-state index is 0.0642. The highest BCUT2D eigenvalue weighted by molar-refractivity contribution is 7.88. The molecule has 2 rings (SSSR count). The van der Waals surface area contributed by atoms with Crippen LogP contribution in [0.3, 0.4) is 0 Å². The standard InChI is InChI=1S/C10H10N4O2S/c1-17(15,16)14-5-2-3-9-8-4-6-11-10(8)13-7-12-9/h4,6-7,14H,5H2,1H3,(H,11,12,13). The molecule has 0 radical (unpaired) electrons. The maximum atomic E-state index is 10.8. The van der Waals surface area contributed by atoms with Gasteiger partial charge in [0.2, 0.25) is 10.0 Å². The van der Waals surface area contributed by atoms with Crippen LogP contribution >= 0.6 is 0 Å². The molecule has 0 aliphatic rings. The van der Waals surface area contributed by atoms with Crippen molar-refractivity contribution in [3.8, 4) is 11.8 Å². The van der Waals surface area contributed by atoms with Gasteiger partial charge in [-0.3, -0.25) is 0 Å². The summed E-state index contributed by atoms with van der Waals surface area (Å²) < 4.78 is 23.9. The molecule has 17 heavy (non-hydrogen) atoms. The van der Waals surface area contributed by atoms with E-state index in [4.69, 9.17) is 0 Å². The van der Waals surface area contributed by atoms with Gasteiger partial charge < -0.3 is 4.98 Å². The Balaban J connectivity index is 2.19. The van der Waals surface area contributed by atoms with Crippen LogP contribution in [0.1, 0.15) is 5.69 Å². The summed E-state index contributed by atoms with van der Waals surface area (Å²) >= 11 is 0. The molecular weight excluding hydrogens is 240 g/mol. The van der Waals surface area contributed by atoms with Crippen molar-refractivity contribution >= 4 is 21.1 Å². The molecule has 7 heteroatoms. The molecule has 2 N–H and O–H groups in total. The molecule has 2 aromatic rings. The van der Waals surface area contributed by atoms with Gasteiger partial charge in [-0.2, -0.15) is 0 Å². The first-order valence-electron chi connectivity index (χ1n) is 4.78. The summed E-state index contributed by atoms with van der Waals surface area (Å²) in [5.41, 5.74) is 1.28. The van der Waals surface area contributed by atoms with Gasteiger partial charge in [-0.1, -0.05) is 5.92 Å². The van der Waals surface area contributed by atoms with Crippen molar-refractivity contribution in [1.29, 1.82) is 0 Å². The SMILES string of the molecule is CS(=O)(=O)NCC#Cc1ncnc2[nH]ccc12. The van der Waals surface area contributed by atoms with Crippen molar-refractivity contribution in [1.82, 2.24) is 19.7 Å². The van der Waals surface area contributed by atoms with Gasteiger partial charge in [-0.05, 0) is 12.0 Å². The van der Waals surface area contributed by atoms with Crippen LogP contribution in [0, 0.1) is 11.8 Å². The van der Waals surface area contributed by atoms with Crippen molar-refractivity contribution < 1.29 is 8.42 Å². The lowest BCUT2D eigenvalue weighted by Gasteiger charge is -1.94. The number of fused-ring (bicyclic) bond motifs is 1. The number of aromatic amines is 1. The monoisotopic (exact) mass is 250 g/mol. The number of aromatic nitrogens is 3. The normalized spacial score (nSPS) is 11.1. The van der Waals surface area contributed by atoms with E-state index in [-0.39, 0.29) is 6.54 Å². The number of rotatable bonds is 2. The molecule has 0 saturated heterocycles. The molecule has 2 heterocycles. The number of H-pyrrole nitrogens is 1. The molecule has 0 spiro atoms. The lowest BCUT2D eigenvalue weighted by atomic mass is 10.3. The van der Waals surface area contributed by atoms with Crippen molar-refractivity contribution in [2.45, 2.75) is 0 Å². The maximum Gasteiger partial charge on any atom is 0.209 e. The first kappa shape index (κ1) is 11.6. The van der Waals surface area contributed by atoms with E-state index in [9.17, 15) is 8.42 Å². The number of sulfonamides is 1. The van der Waals surface area contributed by atoms with Crippen LogP contribution in [-0.2, 0) is 10.0 Å². The van der Waals surface area contributed by atoms with Gasteiger partial charge in [0, 0.05) is 6.20 Å². The zero-order valence-corrected chi connectivity index (χ0v) is 9.87. The lowest BCUT2D eigenvalue weighted by molar-refractivity contribution is 0.592. The zero-order valence-electron chi connectivity index (χ0n) is 9.06. The van der Waals surface area contributed by atoms with Gasteiger partial charge in [0.15, 0.2) is 0 Å². The van der Waals surface area contributed by atoms with E-state index in [1.165, 1.54) is 6.33 Å². The Bertz CT molecular complexity index is 694. The maximum absolute atomic E-state index is 10.8. The molecule has 6 nitrogen and oxygen atoms in total. The Labute approximate surface area is 98.5 Å². The number of nitrogens with one attached hydrogen (secondary N) is 2. The smallest absolute Gasteiger partial charge is 0.209 e. The average Bonchev–Trinajstić information content (AvgIpc) is 2.71. The summed E-state index contributed by atoms with van der Waals surface area (Å²) in [4.78, 5) is 11.0. The molecule has 0 atom stereocenters. The van der Waals surface area contributed by atoms with Gasteiger partial charge in [0.05, 0.1) is 18.2 Å². The van der Waals surface area contributed by atoms with Crippen LogP contribution < -0.4 is 4.72 Å². The molecule has 88 valence electrons. The molecule has 0 amide bonds. The quantitative estimate of drug-likeness (QED) is 0.726. The molecular formula is C10H10N4O2S. The first-order valence-corrected chi connectivity index (χ1v) is 6.67. The number of hydrogen-bond acceptors (Lipinski definition) is 4. The molecule has 2 aromatic heterocycles. The number of hydrogen-bond donors (Lipinski definition) is 2. The van der Waals surface area contributed by atoms with E-state index >= 15 is 0 Å². The highest BCUT2D eigenvalue weighted by atomic mass is 32.2. The predicted octanol–water partition coefficient (Wildman–Crippen LogP) is -0.141. The van der Waals surface area contributed by atoms with Crippen LogP contribution in [-0.4, -0.2) is 36.2 Å². The van der Waals surface area contributed by atoms with E-state index in [0.717, 1.165) is 11.6 Å². The molecule has 0 bridgehead atoms. The van der Waals surface area contributed by atoms with Crippen molar-refractivity contribution in [3.63, 3.8) is 0 Å². The molecule has 0 unspecified atom stereocenters. The van der Waals surface area contributed by atoms with E-state index in [2.05, 4.69) is 31.5 Å². The molecule has 0 aliphatic heterocycles. The van der Waals surface area contributed by atoms with Crippen LogP contribution in [0.4, 0.5) is 0 Å². The summed E-state index contributed by atoms with van der Waals surface area (Å²) in [6.07, 6.45) is 4.25. The lowest BCUT2D eigenvalue weighted by Crippen LogP contribution is -2.21. The van der Waals surface area contributed by atoms with Crippen molar-refractivity contribution in [2.75, 3.05) is 12.8 Å². The number of nitrogens with zero attached hydrogens (tertiary/aromatic N) is 2. The minimum Gasteiger partial charge on any atom is -0.346 e. The molecule has 0 fully saturated rings. The highest BCUT2D eigenvalue weighted by Crippen LogP contribution is 2.10. The fraction of sp³-hybridized carbons (Fsp3) is 0.200. The fourth-order valence-corrected chi connectivity index (χ4v) is 1.60.